The number of nitrogens with one attached hydrogen (secondary N) is 1. The highest BCUT2D eigenvalue weighted by molar-refractivity contribution is 6.15. The second kappa shape index (κ2) is 8.08. The minimum absolute atomic E-state index is 0.0748. The molecule has 8 nitrogen and oxygen atoms in total. The van der Waals surface area contributed by atoms with Crippen LogP contribution >= 0.6 is 0 Å². The van der Waals surface area contributed by atoms with Crippen molar-refractivity contribution in [2.24, 2.45) is 5.92 Å². The van der Waals surface area contributed by atoms with E-state index in [1.807, 2.05) is 20.8 Å². The molecule has 0 spiro atoms. The number of fused-ring (bicyclic) bond motifs is 3. The molecule has 1 aromatic rings. The average Bonchev–Trinajstić information content (AvgIpc) is 3.04. The van der Waals surface area contributed by atoms with E-state index in [0.717, 1.165) is 0 Å². The van der Waals surface area contributed by atoms with E-state index in [1.165, 1.54) is 9.80 Å². The smallest absolute Gasteiger partial charge is 0.354 e. The Hall–Kier alpha value is -2.90. The Kier molecular flexibility index (Phi) is 5.87. The molecule has 0 unspecified atom stereocenters. The maximum absolute atomic E-state index is 13.4. The van der Waals surface area contributed by atoms with Crippen molar-refractivity contribution in [3.63, 3.8) is 0 Å². The van der Waals surface area contributed by atoms with Gasteiger partial charge < -0.3 is 15.0 Å². The van der Waals surface area contributed by atoms with E-state index in [0.29, 0.717) is 11.3 Å². The Balaban J connectivity index is 1.94. The summed E-state index contributed by atoms with van der Waals surface area (Å²) in [6.45, 7) is 8.93. The number of rotatable bonds is 6. The molecule has 0 radical (unpaired) electrons. The lowest BCUT2D eigenvalue weighted by Crippen LogP contribution is -2.70. The molecule has 2 atom stereocenters. The van der Waals surface area contributed by atoms with Gasteiger partial charge in [0.1, 0.15) is 0 Å². The molecule has 0 aromatic heterocycles. The number of esters is 1. The van der Waals surface area contributed by atoms with E-state index in [1.54, 1.807) is 38.1 Å². The van der Waals surface area contributed by atoms with E-state index in [4.69, 9.17) is 4.74 Å². The fourth-order valence-corrected chi connectivity index (χ4v) is 4.08. The van der Waals surface area contributed by atoms with Gasteiger partial charge in [-0.05, 0) is 38.8 Å². The maximum Gasteiger partial charge on any atom is 0.354 e. The number of para-hydroxylation sites is 1. The van der Waals surface area contributed by atoms with Crippen molar-refractivity contribution >= 4 is 29.4 Å². The van der Waals surface area contributed by atoms with Crippen LogP contribution in [0, 0.1) is 5.92 Å². The van der Waals surface area contributed by atoms with Crippen molar-refractivity contribution in [1.29, 1.82) is 0 Å². The molecule has 0 bridgehead atoms. The van der Waals surface area contributed by atoms with Crippen molar-refractivity contribution in [1.82, 2.24) is 10.2 Å². The van der Waals surface area contributed by atoms with Gasteiger partial charge in [-0.2, -0.15) is 0 Å². The van der Waals surface area contributed by atoms with Crippen LogP contribution in [0.4, 0.5) is 5.69 Å². The van der Waals surface area contributed by atoms with Gasteiger partial charge in [-0.3, -0.25) is 19.3 Å². The first kappa shape index (κ1) is 21.8. The number of hydrogen-bond acceptors (Lipinski definition) is 5. The zero-order valence-corrected chi connectivity index (χ0v) is 18.1. The van der Waals surface area contributed by atoms with E-state index in [9.17, 15) is 19.2 Å². The van der Waals surface area contributed by atoms with Gasteiger partial charge >= 0.3 is 5.97 Å². The van der Waals surface area contributed by atoms with Crippen molar-refractivity contribution in [3.05, 3.63) is 29.8 Å². The molecule has 162 valence electrons. The highest BCUT2D eigenvalue weighted by Crippen LogP contribution is 2.45. The van der Waals surface area contributed by atoms with Crippen molar-refractivity contribution in [2.45, 2.75) is 65.2 Å². The highest BCUT2D eigenvalue weighted by Gasteiger charge is 2.62. The first-order valence-electron chi connectivity index (χ1n) is 10.3. The topological polar surface area (TPSA) is 96.0 Å². The summed E-state index contributed by atoms with van der Waals surface area (Å²) in [5.41, 5.74) is -0.814. The maximum atomic E-state index is 13.4. The van der Waals surface area contributed by atoms with Gasteiger partial charge in [0.05, 0.1) is 11.3 Å². The van der Waals surface area contributed by atoms with Gasteiger partial charge in [0.15, 0.2) is 6.61 Å². The van der Waals surface area contributed by atoms with Crippen LogP contribution in [-0.2, 0) is 19.1 Å². The lowest BCUT2D eigenvalue weighted by Gasteiger charge is -2.50. The molecule has 8 heteroatoms. The largest absolute Gasteiger partial charge is 0.452 e. The number of ether oxygens (including phenoxy) is 1. The van der Waals surface area contributed by atoms with Crippen LogP contribution in [0.25, 0.3) is 0 Å². The minimum Gasteiger partial charge on any atom is -0.452 e. The second-order valence-electron chi connectivity index (χ2n) is 8.51. The first-order chi connectivity index (χ1) is 14.1. The lowest BCUT2D eigenvalue weighted by atomic mass is 9.95. The van der Waals surface area contributed by atoms with E-state index >= 15 is 0 Å². The number of anilines is 1. The Morgan fingerprint density at radius 3 is 2.43 bits per heavy atom. The van der Waals surface area contributed by atoms with E-state index in [-0.39, 0.29) is 42.7 Å². The number of amides is 3. The zero-order valence-electron chi connectivity index (χ0n) is 18.1. The second-order valence-corrected chi connectivity index (χ2v) is 8.51. The molecule has 1 fully saturated rings. The third-order valence-electron chi connectivity index (χ3n) is 5.87. The summed E-state index contributed by atoms with van der Waals surface area (Å²) < 4.78 is 5.38. The fourth-order valence-electron chi connectivity index (χ4n) is 4.08. The Labute approximate surface area is 176 Å². The molecule has 0 aliphatic carbocycles. The summed E-state index contributed by atoms with van der Waals surface area (Å²) in [7, 11) is 0. The molecule has 2 aliphatic heterocycles. The Morgan fingerprint density at radius 1 is 1.13 bits per heavy atom. The standard InChI is InChI=1S/C22H29N3O5/c1-13(2)15(5)23-18(26)12-30-21(29)22-11-10-19(27)25(22)17-9-7-6-8-16(17)20(28)24(22)14(3)4/h6-9,13-15H,10-12H2,1-5H3,(H,23,26)/t15-,22-/m1/s1. The number of benzene rings is 1. The fraction of sp³-hybridized carbons (Fsp3) is 0.545. The van der Waals surface area contributed by atoms with E-state index in [2.05, 4.69) is 5.32 Å². The molecule has 2 aliphatic rings. The summed E-state index contributed by atoms with van der Waals surface area (Å²) >= 11 is 0. The molecule has 3 rings (SSSR count). The molecule has 0 saturated carbocycles. The molecular weight excluding hydrogens is 386 g/mol. The summed E-state index contributed by atoms with van der Waals surface area (Å²) in [5, 5.41) is 2.78. The Bertz CT molecular complexity index is 881. The molecular formula is C22H29N3O5. The molecule has 2 heterocycles. The number of nitrogens with zero attached hydrogens (tertiary/aromatic N) is 2. The van der Waals surface area contributed by atoms with Crippen LogP contribution < -0.4 is 10.2 Å². The van der Waals surface area contributed by atoms with Crippen LogP contribution in [0.1, 0.15) is 57.8 Å². The van der Waals surface area contributed by atoms with Crippen LogP contribution in [-0.4, -0.2) is 52.9 Å². The summed E-state index contributed by atoms with van der Waals surface area (Å²) in [5.74, 6) is -1.54. The highest BCUT2D eigenvalue weighted by atomic mass is 16.5. The van der Waals surface area contributed by atoms with Crippen LogP contribution in [0.5, 0.6) is 0 Å². The van der Waals surface area contributed by atoms with Gasteiger partial charge in [-0.25, -0.2) is 4.79 Å². The van der Waals surface area contributed by atoms with Crippen LogP contribution in [0.2, 0.25) is 0 Å². The third-order valence-corrected chi connectivity index (χ3v) is 5.87. The summed E-state index contributed by atoms with van der Waals surface area (Å²) in [6, 6.07) is 6.32. The Morgan fingerprint density at radius 2 is 1.80 bits per heavy atom. The lowest BCUT2D eigenvalue weighted by molar-refractivity contribution is -0.161. The molecule has 1 saturated heterocycles. The number of hydrogen-bond donors (Lipinski definition) is 1. The van der Waals surface area contributed by atoms with Crippen LogP contribution in [0.3, 0.4) is 0 Å². The molecule has 1 aromatic carbocycles. The molecule has 3 amide bonds. The van der Waals surface area contributed by atoms with Crippen molar-refractivity contribution in [2.75, 3.05) is 11.5 Å². The molecule has 1 N–H and O–H groups in total. The average molecular weight is 415 g/mol. The number of carbonyl (C=O) groups excluding carboxylic acids is 4. The summed E-state index contributed by atoms with van der Waals surface area (Å²) in [6.07, 6.45) is 0.226. The van der Waals surface area contributed by atoms with Crippen molar-refractivity contribution in [3.8, 4) is 0 Å². The normalized spacial score (nSPS) is 21.6. The van der Waals surface area contributed by atoms with Gasteiger partial charge in [-0.15, -0.1) is 0 Å². The monoisotopic (exact) mass is 415 g/mol. The van der Waals surface area contributed by atoms with Gasteiger partial charge in [-0.1, -0.05) is 26.0 Å². The van der Waals surface area contributed by atoms with Crippen LogP contribution in [0.15, 0.2) is 24.3 Å². The quantitative estimate of drug-likeness (QED) is 0.718. The van der Waals surface area contributed by atoms with Crippen molar-refractivity contribution < 1.29 is 23.9 Å². The van der Waals surface area contributed by atoms with Gasteiger partial charge in [0, 0.05) is 24.9 Å². The minimum atomic E-state index is -1.58. The van der Waals surface area contributed by atoms with Gasteiger partial charge in [0.25, 0.3) is 11.8 Å². The van der Waals surface area contributed by atoms with Gasteiger partial charge in [0.2, 0.25) is 11.6 Å². The van der Waals surface area contributed by atoms with E-state index < -0.39 is 24.1 Å². The summed E-state index contributed by atoms with van der Waals surface area (Å²) in [4.78, 5) is 54.5. The third kappa shape index (κ3) is 3.44. The molecule has 30 heavy (non-hydrogen) atoms. The zero-order chi connectivity index (χ0) is 22.2. The predicted molar refractivity (Wildman–Crippen MR) is 111 cm³/mol. The predicted octanol–water partition coefficient (Wildman–Crippen LogP) is 2.08. The first-order valence-corrected chi connectivity index (χ1v) is 10.3. The SMILES string of the molecule is CC(C)[C@@H](C)NC(=O)COC(=O)[C@@]12CCC(=O)N1c1ccccc1C(=O)N2C(C)C. The number of carbonyl (C=O) groups is 4.